The molecule has 2 aromatic carbocycles. The van der Waals surface area contributed by atoms with Gasteiger partial charge >= 0.3 is 0 Å². The quantitative estimate of drug-likeness (QED) is 0.611. The summed E-state index contributed by atoms with van der Waals surface area (Å²) in [6.07, 6.45) is 1.44. The Balaban J connectivity index is 1.49. The number of sulfonamides is 1. The summed E-state index contributed by atoms with van der Waals surface area (Å²) < 4.78 is 27.1. The van der Waals surface area contributed by atoms with Crippen LogP contribution < -0.4 is 0 Å². The fraction of sp³-hybridized carbons (Fsp3) is 0.211. The summed E-state index contributed by atoms with van der Waals surface area (Å²) in [5, 5.41) is 0.399. The molecule has 1 aliphatic heterocycles. The van der Waals surface area contributed by atoms with Gasteiger partial charge in [-0.05, 0) is 30.3 Å². The van der Waals surface area contributed by atoms with Gasteiger partial charge in [0.2, 0.25) is 10.0 Å². The second-order valence-electron chi connectivity index (χ2n) is 6.51. The molecule has 0 unspecified atom stereocenters. The average molecular weight is 451 g/mol. The Bertz CT molecular complexity index is 1200. The highest BCUT2D eigenvalue weighted by molar-refractivity contribution is 7.89. The fourth-order valence-electron chi connectivity index (χ4n) is 3.17. The van der Waals surface area contributed by atoms with Gasteiger partial charge < -0.3 is 4.90 Å². The Labute approximate surface area is 177 Å². The number of rotatable bonds is 3. The maximum absolute atomic E-state index is 12.9. The summed E-state index contributed by atoms with van der Waals surface area (Å²) in [5.41, 5.74) is 1.58. The number of fused-ring (bicyclic) bond motifs is 1. The van der Waals surface area contributed by atoms with Crippen LogP contribution in [-0.4, -0.2) is 59.7 Å². The third-order valence-corrected chi connectivity index (χ3v) is 7.32. The molecule has 1 aromatic heterocycles. The minimum atomic E-state index is -3.81. The maximum Gasteiger partial charge on any atom is 0.274 e. The van der Waals surface area contributed by atoms with Crippen molar-refractivity contribution in [2.45, 2.75) is 4.90 Å². The molecule has 1 aliphatic rings. The molecular formula is C19H16Cl2N4O3S. The number of carbonyl (C=O) groups is 1. The van der Waals surface area contributed by atoms with Crippen LogP contribution >= 0.6 is 23.2 Å². The number of halogens is 2. The van der Waals surface area contributed by atoms with E-state index in [2.05, 4.69) is 9.97 Å². The number of amides is 1. The molecule has 1 saturated heterocycles. The average Bonchev–Trinajstić information content (AvgIpc) is 2.74. The highest BCUT2D eigenvalue weighted by atomic mass is 35.5. The summed E-state index contributed by atoms with van der Waals surface area (Å²) in [6, 6.07) is 11.6. The molecule has 0 bridgehead atoms. The SMILES string of the molecule is O=C(c1cnc2ccccc2n1)N1CCN(S(=O)(=O)c2cc(Cl)ccc2Cl)CC1. The van der Waals surface area contributed by atoms with Crippen molar-refractivity contribution in [1.29, 1.82) is 0 Å². The van der Waals surface area contributed by atoms with E-state index in [1.54, 1.807) is 11.0 Å². The molecule has 0 radical (unpaired) electrons. The van der Waals surface area contributed by atoms with Crippen molar-refractivity contribution in [3.8, 4) is 0 Å². The van der Waals surface area contributed by atoms with Crippen LogP contribution in [0.5, 0.6) is 0 Å². The molecule has 0 saturated carbocycles. The van der Waals surface area contributed by atoms with E-state index in [-0.39, 0.29) is 52.7 Å². The van der Waals surface area contributed by atoms with Crippen molar-refractivity contribution in [2.75, 3.05) is 26.2 Å². The topological polar surface area (TPSA) is 83.5 Å². The summed E-state index contributed by atoms with van der Waals surface area (Å²) in [5.74, 6) is -0.277. The number of nitrogens with zero attached hydrogens (tertiary/aromatic N) is 4. The predicted octanol–water partition coefficient (Wildman–Crippen LogP) is 3.08. The number of aromatic nitrogens is 2. The van der Waals surface area contributed by atoms with Crippen molar-refractivity contribution >= 4 is 50.2 Å². The number of benzene rings is 2. The van der Waals surface area contributed by atoms with Gasteiger partial charge in [0, 0.05) is 31.2 Å². The van der Waals surface area contributed by atoms with Crippen molar-refractivity contribution in [3.63, 3.8) is 0 Å². The third kappa shape index (κ3) is 3.93. The standard InChI is InChI=1S/C19H16Cl2N4O3S/c20-13-5-6-14(21)18(11-13)29(27,28)25-9-7-24(8-10-25)19(26)17-12-22-15-3-1-2-4-16(15)23-17/h1-6,11-12H,7-10H2. The second-order valence-corrected chi connectivity index (χ2v) is 9.26. The van der Waals surface area contributed by atoms with Crippen molar-refractivity contribution in [1.82, 2.24) is 19.2 Å². The molecule has 0 atom stereocenters. The van der Waals surface area contributed by atoms with Crippen LogP contribution in [0.4, 0.5) is 0 Å². The zero-order valence-corrected chi connectivity index (χ0v) is 17.5. The molecule has 3 aromatic rings. The zero-order valence-electron chi connectivity index (χ0n) is 15.1. The lowest BCUT2D eigenvalue weighted by Crippen LogP contribution is -2.50. The Morgan fingerprint density at radius 1 is 0.966 bits per heavy atom. The maximum atomic E-state index is 12.9. The van der Waals surface area contributed by atoms with Gasteiger partial charge in [-0.1, -0.05) is 35.3 Å². The molecule has 0 N–H and O–H groups in total. The van der Waals surface area contributed by atoms with E-state index in [0.717, 1.165) is 0 Å². The minimum absolute atomic E-state index is 0.0353. The van der Waals surface area contributed by atoms with Crippen LogP contribution in [0.15, 0.2) is 53.6 Å². The number of hydrogen-bond acceptors (Lipinski definition) is 5. The smallest absolute Gasteiger partial charge is 0.274 e. The van der Waals surface area contributed by atoms with Crippen LogP contribution in [0, 0.1) is 0 Å². The first-order chi connectivity index (χ1) is 13.9. The van der Waals surface area contributed by atoms with Gasteiger partial charge in [0.25, 0.3) is 5.91 Å². The Hall–Kier alpha value is -2.26. The zero-order chi connectivity index (χ0) is 20.6. The summed E-state index contributed by atoms with van der Waals surface area (Å²) in [7, 11) is -3.81. The number of carbonyl (C=O) groups excluding carboxylic acids is 1. The lowest BCUT2D eigenvalue weighted by atomic mass is 10.2. The van der Waals surface area contributed by atoms with E-state index in [0.29, 0.717) is 11.0 Å². The van der Waals surface area contributed by atoms with E-state index >= 15 is 0 Å². The second kappa shape index (κ2) is 7.87. The van der Waals surface area contributed by atoms with E-state index in [4.69, 9.17) is 23.2 Å². The van der Waals surface area contributed by atoms with Gasteiger partial charge in [-0.25, -0.2) is 13.4 Å². The molecular weight excluding hydrogens is 435 g/mol. The van der Waals surface area contributed by atoms with Gasteiger partial charge in [-0.2, -0.15) is 4.31 Å². The Kier molecular flexibility index (Phi) is 5.44. The highest BCUT2D eigenvalue weighted by Gasteiger charge is 2.32. The predicted molar refractivity (Wildman–Crippen MR) is 111 cm³/mol. The number of para-hydroxylation sites is 2. The first kappa shape index (κ1) is 20.0. The van der Waals surface area contributed by atoms with Crippen LogP contribution in [0.3, 0.4) is 0 Å². The molecule has 150 valence electrons. The molecule has 1 amide bonds. The molecule has 4 rings (SSSR count). The van der Waals surface area contributed by atoms with Crippen molar-refractivity contribution < 1.29 is 13.2 Å². The van der Waals surface area contributed by atoms with E-state index < -0.39 is 10.0 Å². The van der Waals surface area contributed by atoms with E-state index in [1.807, 2.05) is 18.2 Å². The third-order valence-electron chi connectivity index (χ3n) is 4.70. The summed E-state index contributed by atoms with van der Waals surface area (Å²) >= 11 is 12.0. The molecule has 0 aliphatic carbocycles. The molecule has 2 heterocycles. The minimum Gasteiger partial charge on any atom is -0.335 e. The van der Waals surface area contributed by atoms with Crippen molar-refractivity contribution in [3.05, 3.63) is 64.4 Å². The van der Waals surface area contributed by atoms with Gasteiger partial charge in [0.1, 0.15) is 10.6 Å². The largest absolute Gasteiger partial charge is 0.335 e. The summed E-state index contributed by atoms with van der Waals surface area (Å²) in [4.78, 5) is 23.0. The fourth-order valence-corrected chi connectivity index (χ4v) is 5.33. The van der Waals surface area contributed by atoms with Gasteiger partial charge in [-0.15, -0.1) is 0 Å². The van der Waals surface area contributed by atoms with Crippen LogP contribution in [0.2, 0.25) is 10.0 Å². The Morgan fingerprint density at radius 3 is 2.38 bits per heavy atom. The first-order valence-corrected chi connectivity index (χ1v) is 11.0. The van der Waals surface area contributed by atoms with Crippen LogP contribution in [0.1, 0.15) is 10.5 Å². The number of hydrogen-bond donors (Lipinski definition) is 0. The molecule has 7 nitrogen and oxygen atoms in total. The monoisotopic (exact) mass is 450 g/mol. The van der Waals surface area contributed by atoms with Gasteiger partial charge in [0.15, 0.2) is 0 Å². The summed E-state index contributed by atoms with van der Waals surface area (Å²) in [6.45, 7) is 0.783. The van der Waals surface area contributed by atoms with E-state index in [1.165, 1.54) is 28.7 Å². The normalized spacial score (nSPS) is 15.6. The Morgan fingerprint density at radius 2 is 1.66 bits per heavy atom. The molecule has 29 heavy (non-hydrogen) atoms. The van der Waals surface area contributed by atoms with Gasteiger partial charge in [-0.3, -0.25) is 9.78 Å². The molecule has 1 fully saturated rings. The van der Waals surface area contributed by atoms with Crippen molar-refractivity contribution in [2.24, 2.45) is 0 Å². The highest BCUT2D eigenvalue weighted by Crippen LogP contribution is 2.28. The molecule has 10 heteroatoms. The number of piperazine rings is 1. The van der Waals surface area contributed by atoms with Crippen LogP contribution in [-0.2, 0) is 10.0 Å². The lowest BCUT2D eigenvalue weighted by molar-refractivity contribution is 0.0692. The van der Waals surface area contributed by atoms with Crippen LogP contribution in [0.25, 0.3) is 11.0 Å². The molecule has 0 spiro atoms. The van der Waals surface area contributed by atoms with E-state index in [9.17, 15) is 13.2 Å². The van der Waals surface area contributed by atoms with Gasteiger partial charge in [0.05, 0.1) is 22.3 Å². The lowest BCUT2D eigenvalue weighted by Gasteiger charge is -2.34. The first-order valence-electron chi connectivity index (χ1n) is 8.82.